The summed E-state index contributed by atoms with van der Waals surface area (Å²) in [6.45, 7) is 2.90. The monoisotopic (exact) mass is 465 g/mol. The quantitative estimate of drug-likeness (QED) is 0.495. The second-order valence-electron chi connectivity index (χ2n) is 8.24. The van der Waals surface area contributed by atoms with Gasteiger partial charge in [-0.05, 0) is 31.0 Å². The van der Waals surface area contributed by atoms with Crippen LogP contribution in [0.15, 0.2) is 59.6 Å². The van der Waals surface area contributed by atoms with Crippen LogP contribution in [0.1, 0.15) is 36.0 Å². The number of thioether (sulfide) groups is 1. The number of amides is 2. The number of carbonyl (C=O) groups is 2. The molecule has 2 heterocycles. The number of fused-ring (bicyclic) bond motifs is 1. The molecular weight excluding hydrogens is 434 g/mol. The second kappa shape index (κ2) is 11.3. The number of hydrogen-bond acceptors (Lipinski definition) is 4. The van der Waals surface area contributed by atoms with Gasteiger partial charge in [0.1, 0.15) is 5.75 Å². The van der Waals surface area contributed by atoms with Crippen LogP contribution in [-0.2, 0) is 11.3 Å². The number of nitrogens with zero attached hydrogens (tertiary/aromatic N) is 2. The summed E-state index contributed by atoms with van der Waals surface area (Å²) in [4.78, 5) is 28.5. The number of likely N-dealkylation sites (tertiary alicyclic amines) is 1. The van der Waals surface area contributed by atoms with E-state index in [0.717, 1.165) is 41.7 Å². The molecule has 1 aliphatic heterocycles. The highest BCUT2D eigenvalue weighted by atomic mass is 32.2. The van der Waals surface area contributed by atoms with E-state index in [1.54, 1.807) is 31.0 Å². The topological polar surface area (TPSA) is 63.6 Å². The van der Waals surface area contributed by atoms with Gasteiger partial charge in [0.05, 0.1) is 18.4 Å². The van der Waals surface area contributed by atoms with Crippen molar-refractivity contribution in [1.29, 1.82) is 0 Å². The molecule has 1 aliphatic rings. The lowest BCUT2D eigenvalue weighted by molar-refractivity contribution is -0.128. The zero-order valence-electron chi connectivity index (χ0n) is 19.1. The van der Waals surface area contributed by atoms with Crippen molar-refractivity contribution in [3.05, 3.63) is 60.3 Å². The third-order valence-electron chi connectivity index (χ3n) is 6.05. The molecule has 1 aromatic heterocycles. The predicted molar refractivity (Wildman–Crippen MR) is 133 cm³/mol. The molecule has 6 nitrogen and oxygen atoms in total. The smallest absolute Gasteiger partial charge is 0.255 e. The molecule has 0 saturated carbocycles. The first-order valence-corrected chi connectivity index (χ1v) is 12.6. The highest BCUT2D eigenvalue weighted by Gasteiger charge is 2.17. The summed E-state index contributed by atoms with van der Waals surface area (Å²) in [5.41, 5.74) is 1.63. The Hall–Kier alpha value is -2.93. The maximum Gasteiger partial charge on any atom is 0.255 e. The van der Waals surface area contributed by atoms with Gasteiger partial charge in [-0.3, -0.25) is 9.59 Å². The van der Waals surface area contributed by atoms with E-state index in [0.29, 0.717) is 30.2 Å². The highest BCUT2D eigenvalue weighted by Crippen LogP contribution is 2.30. The predicted octanol–water partition coefficient (Wildman–Crippen LogP) is 4.57. The number of ether oxygens (including phenoxy) is 1. The maximum absolute atomic E-state index is 12.7. The third-order valence-corrected chi connectivity index (χ3v) is 7.08. The SMILES string of the molecule is COc1ccccc1C(=O)NCCn1cc(SCC(=O)N2CCCCCC2)c2ccccc21. The molecule has 0 spiro atoms. The van der Waals surface area contributed by atoms with Crippen molar-refractivity contribution in [2.45, 2.75) is 37.1 Å². The molecular formula is C26H31N3O3S. The number of hydrogen-bond donors (Lipinski definition) is 1. The fraction of sp³-hybridized carbons (Fsp3) is 0.385. The molecule has 33 heavy (non-hydrogen) atoms. The van der Waals surface area contributed by atoms with Gasteiger partial charge in [-0.1, -0.05) is 43.2 Å². The Morgan fingerprint density at radius 3 is 2.52 bits per heavy atom. The molecule has 0 unspecified atom stereocenters. The van der Waals surface area contributed by atoms with Crippen molar-refractivity contribution in [1.82, 2.24) is 14.8 Å². The molecule has 7 heteroatoms. The van der Waals surface area contributed by atoms with Gasteiger partial charge in [-0.25, -0.2) is 0 Å². The van der Waals surface area contributed by atoms with E-state index < -0.39 is 0 Å². The number of rotatable bonds is 8. The molecule has 0 radical (unpaired) electrons. The van der Waals surface area contributed by atoms with E-state index >= 15 is 0 Å². The minimum absolute atomic E-state index is 0.151. The summed E-state index contributed by atoms with van der Waals surface area (Å²) < 4.78 is 7.44. The first-order chi connectivity index (χ1) is 16.2. The number of aromatic nitrogens is 1. The van der Waals surface area contributed by atoms with Gasteiger partial charge in [0, 0.05) is 48.2 Å². The van der Waals surface area contributed by atoms with Gasteiger partial charge in [-0.2, -0.15) is 0 Å². The lowest BCUT2D eigenvalue weighted by Gasteiger charge is -2.19. The summed E-state index contributed by atoms with van der Waals surface area (Å²) in [6, 6.07) is 15.4. The normalized spacial score (nSPS) is 14.2. The van der Waals surface area contributed by atoms with E-state index in [-0.39, 0.29) is 11.8 Å². The van der Waals surface area contributed by atoms with Crippen LogP contribution in [0.3, 0.4) is 0 Å². The van der Waals surface area contributed by atoms with Gasteiger partial charge >= 0.3 is 0 Å². The average molecular weight is 466 g/mol. The molecule has 2 aromatic carbocycles. The lowest BCUT2D eigenvalue weighted by atomic mass is 10.2. The fourth-order valence-corrected chi connectivity index (χ4v) is 5.27. The minimum Gasteiger partial charge on any atom is -0.496 e. The summed E-state index contributed by atoms with van der Waals surface area (Å²) in [5.74, 6) is 1.09. The maximum atomic E-state index is 12.7. The van der Waals surface area contributed by atoms with Crippen LogP contribution in [0, 0.1) is 0 Å². The highest BCUT2D eigenvalue weighted by molar-refractivity contribution is 8.00. The van der Waals surface area contributed by atoms with Crippen LogP contribution in [-0.4, -0.2) is 53.8 Å². The van der Waals surface area contributed by atoms with Crippen LogP contribution < -0.4 is 10.1 Å². The zero-order valence-corrected chi connectivity index (χ0v) is 19.9. The van der Waals surface area contributed by atoms with Crippen LogP contribution in [0.25, 0.3) is 10.9 Å². The Bertz CT molecular complexity index is 1100. The van der Waals surface area contributed by atoms with E-state index in [1.165, 1.54) is 12.8 Å². The van der Waals surface area contributed by atoms with E-state index in [2.05, 4.69) is 28.2 Å². The fourth-order valence-electron chi connectivity index (χ4n) is 4.28. The van der Waals surface area contributed by atoms with Gasteiger partial charge < -0.3 is 19.5 Å². The largest absolute Gasteiger partial charge is 0.496 e. The van der Waals surface area contributed by atoms with Gasteiger partial charge in [0.15, 0.2) is 0 Å². The molecule has 1 N–H and O–H groups in total. The summed E-state index contributed by atoms with van der Waals surface area (Å²) in [6.07, 6.45) is 6.75. The van der Waals surface area contributed by atoms with E-state index in [9.17, 15) is 9.59 Å². The van der Waals surface area contributed by atoms with Crippen molar-refractivity contribution >= 4 is 34.5 Å². The minimum atomic E-state index is -0.151. The van der Waals surface area contributed by atoms with Crippen molar-refractivity contribution in [2.75, 3.05) is 32.5 Å². The molecule has 174 valence electrons. The molecule has 1 saturated heterocycles. The van der Waals surface area contributed by atoms with Crippen LogP contribution in [0.4, 0.5) is 0 Å². The number of benzene rings is 2. The molecule has 3 aromatic rings. The zero-order chi connectivity index (χ0) is 23.0. The Labute approximate surface area is 199 Å². The first kappa shape index (κ1) is 23.2. The van der Waals surface area contributed by atoms with Gasteiger partial charge in [-0.15, -0.1) is 11.8 Å². The van der Waals surface area contributed by atoms with Crippen LogP contribution >= 0.6 is 11.8 Å². The van der Waals surface area contributed by atoms with Gasteiger partial charge in [0.25, 0.3) is 5.91 Å². The standard InChI is InChI=1S/C26H31N3O3S/c1-32-23-13-7-5-11-21(23)26(31)27-14-17-29-18-24(20-10-4-6-12-22(20)29)33-19-25(30)28-15-8-2-3-9-16-28/h4-7,10-13,18H,2-3,8-9,14-17,19H2,1H3,(H,27,31). The Kier molecular flexibility index (Phi) is 7.94. The Morgan fingerprint density at radius 1 is 1.00 bits per heavy atom. The van der Waals surface area contributed by atoms with E-state index in [4.69, 9.17) is 4.74 Å². The van der Waals surface area contributed by atoms with Crippen molar-refractivity contribution in [2.24, 2.45) is 0 Å². The molecule has 1 fully saturated rings. The lowest BCUT2D eigenvalue weighted by Crippen LogP contribution is -2.33. The molecule has 0 bridgehead atoms. The average Bonchev–Trinajstić information content (AvgIpc) is 3.01. The molecule has 4 rings (SSSR count). The summed E-state index contributed by atoms with van der Waals surface area (Å²) >= 11 is 1.60. The van der Waals surface area contributed by atoms with E-state index in [1.807, 2.05) is 29.2 Å². The van der Waals surface area contributed by atoms with Crippen LogP contribution in [0.2, 0.25) is 0 Å². The molecule has 0 atom stereocenters. The van der Waals surface area contributed by atoms with Crippen molar-refractivity contribution in [3.8, 4) is 5.75 Å². The van der Waals surface area contributed by atoms with Crippen molar-refractivity contribution < 1.29 is 14.3 Å². The summed E-state index contributed by atoms with van der Waals surface area (Å²) in [7, 11) is 1.56. The number of nitrogens with one attached hydrogen (secondary N) is 1. The van der Waals surface area contributed by atoms with Crippen LogP contribution in [0.5, 0.6) is 5.75 Å². The third kappa shape index (κ3) is 5.71. The van der Waals surface area contributed by atoms with Crippen molar-refractivity contribution in [3.63, 3.8) is 0 Å². The Balaban J connectivity index is 1.39. The molecule has 0 aliphatic carbocycles. The number of methoxy groups -OCH3 is 1. The summed E-state index contributed by atoms with van der Waals surface area (Å²) in [5, 5.41) is 4.13. The number of para-hydroxylation sites is 2. The van der Waals surface area contributed by atoms with Gasteiger partial charge in [0.2, 0.25) is 5.91 Å². The number of carbonyl (C=O) groups excluding carboxylic acids is 2. The second-order valence-corrected chi connectivity index (χ2v) is 9.26. The first-order valence-electron chi connectivity index (χ1n) is 11.6. The molecule has 2 amide bonds. The Morgan fingerprint density at radius 2 is 1.73 bits per heavy atom.